The van der Waals surface area contributed by atoms with Gasteiger partial charge >= 0.3 is 11.9 Å². The third-order valence-corrected chi connectivity index (χ3v) is 4.00. The Morgan fingerprint density at radius 2 is 1.75 bits per heavy atom. The number of halogens is 1. The number of rotatable bonds is 4. The standard InChI is InChI=1S/C17H12ClNO5/c1-24-9-3-5-12-11(7-9)14(15(16(20)21)17(22)23)10-4-2-8(18)6-13(10)19-12/h2-7,15H,1H3,(H,20,21)(H,22,23). The average Bonchev–Trinajstić information content (AvgIpc) is 2.53. The summed E-state index contributed by atoms with van der Waals surface area (Å²) in [6.07, 6.45) is 0. The molecular formula is C17H12ClNO5. The average molecular weight is 346 g/mol. The van der Waals surface area contributed by atoms with Gasteiger partial charge in [-0.2, -0.15) is 0 Å². The van der Waals surface area contributed by atoms with Crippen molar-refractivity contribution in [3.05, 3.63) is 47.0 Å². The van der Waals surface area contributed by atoms with E-state index in [0.717, 1.165) is 0 Å². The Hall–Kier alpha value is -2.86. The molecule has 24 heavy (non-hydrogen) atoms. The van der Waals surface area contributed by atoms with Gasteiger partial charge in [0.25, 0.3) is 0 Å². The fourth-order valence-electron chi connectivity index (χ4n) is 2.72. The molecule has 7 heteroatoms. The van der Waals surface area contributed by atoms with E-state index in [0.29, 0.717) is 32.6 Å². The summed E-state index contributed by atoms with van der Waals surface area (Å²) in [4.78, 5) is 27.6. The van der Waals surface area contributed by atoms with Gasteiger partial charge in [0.1, 0.15) is 5.75 Å². The maximum atomic E-state index is 11.6. The predicted molar refractivity (Wildman–Crippen MR) is 88.8 cm³/mol. The first-order chi connectivity index (χ1) is 11.4. The van der Waals surface area contributed by atoms with E-state index in [9.17, 15) is 19.8 Å². The first kappa shape index (κ1) is 16.0. The molecule has 0 fully saturated rings. The van der Waals surface area contributed by atoms with Crippen molar-refractivity contribution in [1.82, 2.24) is 4.98 Å². The number of benzene rings is 2. The number of aromatic nitrogens is 1. The zero-order valence-electron chi connectivity index (χ0n) is 12.5. The van der Waals surface area contributed by atoms with E-state index in [4.69, 9.17) is 16.3 Å². The summed E-state index contributed by atoms with van der Waals surface area (Å²) in [5.74, 6) is -4.15. The van der Waals surface area contributed by atoms with Crippen LogP contribution in [0.2, 0.25) is 5.02 Å². The fourth-order valence-corrected chi connectivity index (χ4v) is 2.89. The van der Waals surface area contributed by atoms with Gasteiger partial charge < -0.3 is 14.9 Å². The van der Waals surface area contributed by atoms with Crippen LogP contribution >= 0.6 is 11.6 Å². The lowest BCUT2D eigenvalue weighted by Crippen LogP contribution is -2.22. The van der Waals surface area contributed by atoms with Crippen molar-refractivity contribution in [2.45, 2.75) is 5.92 Å². The number of carbonyl (C=O) groups is 2. The van der Waals surface area contributed by atoms with E-state index in [2.05, 4.69) is 4.98 Å². The minimum atomic E-state index is -1.73. The monoisotopic (exact) mass is 345 g/mol. The van der Waals surface area contributed by atoms with Gasteiger partial charge in [0, 0.05) is 15.8 Å². The van der Waals surface area contributed by atoms with E-state index >= 15 is 0 Å². The number of fused-ring (bicyclic) bond motifs is 2. The number of carboxylic acid groups (broad SMARTS) is 2. The number of methoxy groups -OCH3 is 1. The number of aliphatic carboxylic acids is 2. The maximum Gasteiger partial charge on any atom is 0.322 e. The van der Waals surface area contributed by atoms with Crippen LogP contribution in [0.1, 0.15) is 11.5 Å². The van der Waals surface area contributed by atoms with E-state index in [-0.39, 0.29) is 5.56 Å². The van der Waals surface area contributed by atoms with Crippen molar-refractivity contribution in [2.75, 3.05) is 7.11 Å². The SMILES string of the molecule is COc1ccc2nc3cc(Cl)ccc3c(C(C(=O)O)C(=O)O)c2c1. The van der Waals surface area contributed by atoms with Crippen LogP contribution in [0.5, 0.6) is 5.75 Å². The van der Waals surface area contributed by atoms with Crippen molar-refractivity contribution in [3.63, 3.8) is 0 Å². The molecule has 0 saturated carbocycles. The van der Waals surface area contributed by atoms with E-state index < -0.39 is 17.9 Å². The normalized spacial score (nSPS) is 11.1. The van der Waals surface area contributed by atoms with Crippen LogP contribution in [-0.2, 0) is 9.59 Å². The summed E-state index contributed by atoms with van der Waals surface area (Å²) in [7, 11) is 1.47. The highest BCUT2D eigenvalue weighted by Crippen LogP contribution is 2.35. The van der Waals surface area contributed by atoms with Crippen molar-refractivity contribution >= 4 is 45.3 Å². The summed E-state index contributed by atoms with van der Waals surface area (Å²) in [5, 5.41) is 20.1. The van der Waals surface area contributed by atoms with E-state index in [1.54, 1.807) is 36.4 Å². The molecule has 3 aromatic rings. The molecule has 122 valence electrons. The Bertz CT molecular complexity index is 972. The van der Waals surface area contributed by atoms with Gasteiger partial charge in [0.05, 0.1) is 18.1 Å². The second-order valence-corrected chi connectivity index (χ2v) is 5.62. The molecule has 0 atom stereocenters. The molecule has 0 aliphatic carbocycles. The Balaban J connectivity index is 2.51. The maximum absolute atomic E-state index is 11.6. The number of hydrogen-bond donors (Lipinski definition) is 2. The zero-order chi connectivity index (χ0) is 17.4. The minimum absolute atomic E-state index is 0.158. The molecular weight excluding hydrogens is 334 g/mol. The van der Waals surface area contributed by atoms with Gasteiger partial charge in [-0.15, -0.1) is 0 Å². The number of hydrogen-bond acceptors (Lipinski definition) is 4. The molecule has 2 aromatic carbocycles. The van der Waals surface area contributed by atoms with Crippen LogP contribution in [0.25, 0.3) is 21.8 Å². The van der Waals surface area contributed by atoms with Crippen LogP contribution in [0.4, 0.5) is 0 Å². The van der Waals surface area contributed by atoms with Gasteiger partial charge in [-0.3, -0.25) is 9.59 Å². The second-order valence-electron chi connectivity index (χ2n) is 5.18. The molecule has 3 rings (SSSR count). The lowest BCUT2D eigenvalue weighted by atomic mass is 9.91. The van der Waals surface area contributed by atoms with Crippen molar-refractivity contribution < 1.29 is 24.5 Å². The Morgan fingerprint density at radius 3 is 2.38 bits per heavy atom. The van der Waals surface area contributed by atoms with Gasteiger partial charge in [-0.1, -0.05) is 17.7 Å². The molecule has 0 unspecified atom stereocenters. The third-order valence-electron chi connectivity index (χ3n) is 3.77. The number of ether oxygens (including phenoxy) is 1. The molecule has 0 aliphatic heterocycles. The molecule has 0 saturated heterocycles. The number of pyridine rings is 1. The summed E-state index contributed by atoms with van der Waals surface area (Å²) in [6.45, 7) is 0. The summed E-state index contributed by atoms with van der Waals surface area (Å²) < 4.78 is 5.17. The number of carboxylic acids is 2. The first-order valence-electron chi connectivity index (χ1n) is 6.95. The lowest BCUT2D eigenvalue weighted by Gasteiger charge is -2.15. The number of nitrogens with zero attached hydrogens (tertiary/aromatic N) is 1. The van der Waals surface area contributed by atoms with Crippen molar-refractivity contribution in [3.8, 4) is 5.75 Å². The second kappa shape index (κ2) is 5.98. The van der Waals surface area contributed by atoms with Crippen LogP contribution in [0, 0.1) is 0 Å². The van der Waals surface area contributed by atoms with Crippen molar-refractivity contribution in [1.29, 1.82) is 0 Å². The smallest absolute Gasteiger partial charge is 0.322 e. The molecule has 2 N–H and O–H groups in total. The summed E-state index contributed by atoms with van der Waals surface area (Å²) in [6, 6.07) is 9.64. The third kappa shape index (κ3) is 2.61. The van der Waals surface area contributed by atoms with Crippen LogP contribution < -0.4 is 4.74 Å². The Labute approximate surface area is 141 Å². The van der Waals surface area contributed by atoms with Crippen LogP contribution in [-0.4, -0.2) is 34.2 Å². The molecule has 0 bridgehead atoms. The summed E-state index contributed by atoms with van der Waals surface area (Å²) >= 11 is 5.98. The lowest BCUT2D eigenvalue weighted by molar-refractivity contribution is -0.149. The fraction of sp³-hybridized carbons (Fsp3) is 0.118. The molecule has 1 aromatic heterocycles. The topological polar surface area (TPSA) is 96.7 Å². The van der Waals surface area contributed by atoms with Crippen molar-refractivity contribution in [2.24, 2.45) is 0 Å². The molecule has 0 aliphatic rings. The van der Waals surface area contributed by atoms with Crippen LogP contribution in [0.3, 0.4) is 0 Å². The highest BCUT2D eigenvalue weighted by atomic mass is 35.5. The van der Waals surface area contributed by atoms with Gasteiger partial charge in [0.2, 0.25) is 0 Å². The molecule has 6 nitrogen and oxygen atoms in total. The predicted octanol–water partition coefficient (Wildman–Crippen LogP) is 3.30. The Kier molecular flexibility index (Phi) is 3.99. The highest BCUT2D eigenvalue weighted by molar-refractivity contribution is 6.31. The summed E-state index contributed by atoms with van der Waals surface area (Å²) in [5.41, 5.74) is 1.06. The Morgan fingerprint density at radius 1 is 1.04 bits per heavy atom. The van der Waals surface area contributed by atoms with Gasteiger partial charge in [-0.25, -0.2) is 4.98 Å². The van der Waals surface area contributed by atoms with Gasteiger partial charge in [0.15, 0.2) is 5.92 Å². The molecule has 1 heterocycles. The van der Waals surface area contributed by atoms with E-state index in [1.165, 1.54) is 7.11 Å². The zero-order valence-corrected chi connectivity index (χ0v) is 13.2. The van der Waals surface area contributed by atoms with Crippen LogP contribution in [0.15, 0.2) is 36.4 Å². The molecule has 0 amide bonds. The molecule has 0 radical (unpaired) electrons. The first-order valence-corrected chi connectivity index (χ1v) is 7.32. The minimum Gasteiger partial charge on any atom is -0.497 e. The molecule has 0 spiro atoms. The van der Waals surface area contributed by atoms with Gasteiger partial charge in [-0.05, 0) is 35.9 Å². The largest absolute Gasteiger partial charge is 0.497 e. The van der Waals surface area contributed by atoms with E-state index in [1.807, 2.05) is 0 Å². The highest BCUT2D eigenvalue weighted by Gasteiger charge is 2.32. The quantitative estimate of drug-likeness (QED) is 0.556.